The van der Waals surface area contributed by atoms with Gasteiger partial charge in [0.2, 0.25) is 0 Å². The first-order valence-corrected chi connectivity index (χ1v) is 11.9. The van der Waals surface area contributed by atoms with Crippen LogP contribution < -0.4 is 14.5 Å². The lowest BCUT2D eigenvalue weighted by molar-refractivity contribution is -0.138. The molecule has 0 bridgehead atoms. The van der Waals surface area contributed by atoms with Crippen molar-refractivity contribution in [2.24, 2.45) is 0 Å². The number of hydrogen-bond donors (Lipinski definition) is 0. The molecule has 0 radical (unpaired) electrons. The molecular formula is C26H21F4N5O2S. The zero-order valence-electron chi connectivity index (χ0n) is 20.1. The Bertz CT molecular complexity index is 1390. The molecule has 0 spiro atoms. The Morgan fingerprint density at radius 2 is 2.00 bits per heavy atom. The number of benzene rings is 1. The van der Waals surface area contributed by atoms with E-state index in [4.69, 9.17) is 22.2 Å². The Kier molecular flexibility index (Phi) is 7.59. The van der Waals surface area contributed by atoms with E-state index < -0.39 is 34.7 Å². The minimum absolute atomic E-state index is 0.00337. The molecule has 1 fully saturated rings. The number of anilines is 2. The maximum atomic E-state index is 15.0. The van der Waals surface area contributed by atoms with Crippen LogP contribution in [0.1, 0.15) is 36.1 Å². The first-order valence-electron chi connectivity index (χ1n) is 11.4. The van der Waals surface area contributed by atoms with Crippen LogP contribution in [0.25, 0.3) is 0 Å². The van der Waals surface area contributed by atoms with Gasteiger partial charge in [-0.15, -0.1) is 0 Å². The van der Waals surface area contributed by atoms with Crippen LogP contribution in [-0.4, -0.2) is 34.0 Å². The Morgan fingerprint density at radius 3 is 2.55 bits per heavy atom. The number of likely N-dealkylation sites (N-methyl/N-ethyl adjacent to an activating group) is 1. The Labute approximate surface area is 221 Å². The SMILES string of the molecule is CN(C(=O)C1(N(C=S)c2ccc(OCc3cccnc3)c(F)c2)CCC1)c1cnc(C#N)c(C(F)(F)F)c1. The first-order chi connectivity index (χ1) is 18.1. The van der Waals surface area contributed by atoms with Crippen molar-refractivity contribution in [3.05, 3.63) is 77.6 Å². The number of carbonyl (C=O) groups excluding carboxylic acids is 1. The molecule has 1 saturated carbocycles. The fourth-order valence-electron chi connectivity index (χ4n) is 4.25. The van der Waals surface area contributed by atoms with E-state index >= 15 is 0 Å². The number of alkyl halides is 3. The van der Waals surface area contributed by atoms with E-state index in [0.717, 1.165) is 16.7 Å². The van der Waals surface area contributed by atoms with Crippen molar-refractivity contribution in [2.45, 2.75) is 37.6 Å². The second kappa shape index (κ2) is 10.7. The Balaban J connectivity index is 1.60. The number of halogens is 4. The van der Waals surface area contributed by atoms with Crippen molar-refractivity contribution in [3.63, 3.8) is 0 Å². The van der Waals surface area contributed by atoms with Crippen LogP contribution in [0.3, 0.4) is 0 Å². The van der Waals surface area contributed by atoms with Gasteiger partial charge in [0.15, 0.2) is 17.3 Å². The number of amides is 1. The monoisotopic (exact) mass is 543 g/mol. The first kappa shape index (κ1) is 26.9. The minimum Gasteiger partial charge on any atom is -0.486 e. The summed E-state index contributed by atoms with van der Waals surface area (Å²) in [7, 11) is 1.32. The van der Waals surface area contributed by atoms with Gasteiger partial charge in [-0.2, -0.15) is 18.4 Å². The topological polar surface area (TPSA) is 82.3 Å². The van der Waals surface area contributed by atoms with Gasteiger partial charge in [-0.3, -0.25) is 9.78 Å². The van der Waals surface area contributed by atoms with Crippen molar-refractivity contribution in [1.82, 2.24) is 9.97 Å². The molecule has 1 aromatic carbocycles. The number of nitriles is 1. The summed E-state index contributed by atoms with van der Waals surface area (Å²) in [6.45, 7) is 0.104. The van der Waals surface area contributed by atoms with E-state index in [2.05, 4.69) is 9.97 Å². The molecule has 1 aliphatic carbocycles. The Hall–Kier alpha value is -4.11. The largest absolute Gasteiger partial charge is 0.486 e. The number of rotatable bonds is 8. The lowest BCUT2D eigenvalue weighted by Crippen LogP contribution is -2.63. The number of pyridine rings is 2. The quantitative estimate of drug-likeness (QED) is 0.277. The van der Waals surface area contributed by atoms with Crippen LogP contribution >= 0.6 is 12.2 Å². The van der Waals surface area contributed by atoms with Gasteiger partial charge in [0.05, 0.1) is 22.9 Å². The van der Waals surface area contributed by atoms with Gasteiger partial charge in [0, 0.05) is 36.8 Å². The molecule has 38 heavy (non-hydrogen) atoms. The summed E-state index contributed by atoms with van der Waals surface area (Å²) in [4.78, 5) is 23.8. The van der Waals surface area contributed by atoms with E-state index in [1.54, 1.807) is 30.6 Å². The molecule has 0 N–H and O–H groups in total. The highest BCUT2D eigenvalue weighted by Gasteiger charge is 2.51. The maximum absolute atomic E-state index is 15.0. The number of ether oxygens (including phenoxy) is 1. The zero-order chi connectivity index (χ0) is 27.5. The van der Waals surface area contributed by atoms with Crippen molar-refractivity contribution < 1.29 is 27.1 Å². The maximum Gasteiger partial charge on any atom is 0.419 e. The highest BCUT2D eigenvalue weighted by atomic mass is 32.1. The molecule has 1 amide bonds. The van der Waals surface area contributed by atoms with Crippen LogP contribution in [-0.2, 0) is 17.6 Å². The number of nitrogens with zero attached hydrogens (tertiary/aromatic N) is 5. The molecule has 4 rings (SSSR count). The van der Waals surface area contributed by atoms with Gasteiger partial charge in [0.1, 0.15) is 18.2 Å². The van der Waals surface area contributed by atoms with Gasteiger partial charge in [-0.05, 0) is 43.5 Å². The molecule has 7 nitrogen and oxygen atoms in total. The van der Waals surface area contributed by atoms with E-state index in [9.17, 15) is 22.4 Å². The van der Waals surface area contributed by atoms with Crippen molar-refractivity contribution >= 4 is 35.0 Å². The molecule has 12 heteroatoms. The smallest absolute Gasteiger partial charge is 0.419 e. The summed E-state index contributed by atoms with van der Waals surface area (Å²) in [6, 6.07) is 9.83. The van der Waals surface area contributed by atoms with Crippen LogP contribution in [0, 0.1) is 17.1 Å². The predicted octanol–water partition coefficient (Wildman–Crippen LogP) is 5.43. The average molecular weight is 544 g/mol. The van der Waals surface area contributed by atoms with Crippen molar-refractivity contribution in [2.75, 3.05) is 16.8 Å². The molecule has 1 aliphatic rings. The van der Waals surface area contributed by atoms with Crippen LogP contribution in [0.5, 0.6) is 5.75 Å². The summed E-state index contributed by atoms with van der Waals surface area (Å²) in [5.74, 6) is -1.22. The molecular weight excluding hydrogens is 522 g/mol. The number of hydrogen-bond acceptors (Lipinski definition) is 6. The lowest BCUT2D eigenvalue weighted by Gasteiger charge is -2.49. The van der Waals surface area contributed by atoms with E-state index in [0.29, 0.717) is 31.0 Å². The summed E-state index contributed by atoms with van der Waals surface area (Å²) in [6.07, 6.45) is 0.775. The standard InChI is InChI=1S/C26H21F4N5O2S/c1-34(19-10-20(26(28,29)30)22(12-31)33-14-19)24(36)25(7-3-8-25)35(16-38)18-5-6-23(21(27)11-18)37-15-17-4-2-9-32-13-17/h2,4-6,9-11,13-14,16H,3,7-8,15H2,1H3. The summed E-state index contributed by atoms with van der Waals surface area (Å²) >= 11 is 5.19. The number of carbonyl (C=O) groups is 1. The van der Waals surface area contributed by atoms with Crippen LogP contribution in [0.2, 0.25) is 0 Å². The fourth-order valence-corrected chi connectivity index (χ4v) is 4.57. The average Bonchev–Trinajstić information content (AvgIpc) is 2.88. The van der Waals surface area contributed by atoms with Gasteiger partial charge in [-0.1, -0.05) is 18.3 Å². The summed E-state index contributed by atoms with van der Waals surface area (Å²) in [5, 5.41) is 9.00. The third-order valence-electron chi connectivity index (χ3n) is 6.43. The van der Waals surface area contributed by atoms with Gasteiger partial charge in [-0.25, -0.2) is 9.37 Å². The minimum atomic E-state index is -4.83. The third-order valence-corrected chi connectivity index (χ3v) is 6.64. The van der Waals surface area contributed by atoms with Gasteiger partial charge < -0.3 is 14.5 Å². The molecule has 2 heterocycles. The van der Waals surface area contributed by atoms with Crippen LogP contribution in [0.15, 0.2) is 55.0 Å². The molecule has 0 aliphatic heterocycles. The fraction of sp³-hybridized carbons (Fsp3) is 0.269. The molecule has 0 saturated heterocycles. The molecule has 2 aromatic heterocycles. The predicted molar refractivity (Wildman–Crippen MR) is 135 cm³/mol. The van der Waals surface area contributed by atoms with E-state index in [1.807, 2.05) is 0 Å². The molecule has 0 atom stereocenters. The van der Waals surface area contributed by atoms with Crippen LogP contribution in [0.4, 0.5) is 28.9 Å². The summed E-state index contributed by atoms with van der Waals surface area (Å²) in [5.41, 5.74) is -1.12. The van der Waals surface area contributed by atoms with E-state index in [-0.39, 0.29) is 18.0 Å². The van der Waals surface area contributed by atoms with Crippen molar-refractivity contribution in [1.29, 1.82) is 5.26 Å². The second-order valence-corrected chi connectivity index (χ2v) is 8.90. The van der Waals surface area contributed by atoms with Gasteiger partial charge in [0.25, 0.3) is 5.91 Å². The van der Waals surface area contributed by atoms with Crippen molar-refractivity contribution in [3.8, 4) is 11.8 Å². The highest BCUT2D eigenvalue weighted by molar-refractivity contribution is 7.79. The normalized spacial score (nSPS) is 14.1. The number of aromatic nitrogens is 2. The number of thiocarbonyl (C=S) groups is 1. The third kappa shape index (κ3) is 5.15. The second-order valence-electron chi connectivity index (χ2n) is 8.69. The molecule has 196 valence electrons. The Morgan fingerprint density at radius 1 is 1.24 bits per heavy atom. The lowest BCUT2D eigenvalue weighted by atomic mass is 9.74. The molecule has 0 unspecified atom stereocenters. The zero-order valence-corrected chi connectivity index (χ0v) is 20.9. The highest BCUT2D eigenvalue weighted by Crippen LogP contribution is 2.43. The van der Waals surface area contributed by atoms with Gasteiger partial charge >= 0.3 is 6.18 Å². The summed E-state index contributed by atoms with van der Waals surface area (Å²) < 4.78 is 60.9. The molecule has 3 aromatic rings. The van der Waals surface area contributed by atoms with E-state index in [1.165, 1.54) is 35.6 Å².